The molecule has 0 aliphatic rings. The van der Waals surface area contributed by atoms with Crippen molar-refractivity contribution >= 4 is 17.9 Å². The summed E-state index contributed by atoms with van der Waals surface area (Å²) in [5.41, 5.74) is 1.58. The largest absolute Gasteiger partial charge is 0.493 e. The summed E-state index contributed by atoms with van der Waals surface area (Å²) in [5.74, 6) is 1.05. The topological polar surface area (TPSA) is 81.0 Å². The van der Waals surface area contributed by atoms with Gasteiger partial charge < -0.3 is 24.1 Å². The van der Waals surface area contributed by atoms with Gasteiger partial charge in [-0.3, -0.25) is 9.59 Å². The molecule has 0 atom stereocenters. The van der Waals surface area contributed by atoms with Gasteiger partial charge >= 0.3 is 0 Å². The number of ether oxygens (including phenoxy) is 2. The Morgan fingerprint density at radius 1 is 1.00 bits per heavy atom. The van der Waals surface area contributed by atoms with Gasteiger partial charge in [-0.15, -0.1) is 0 Å². The van der Waals surface area contributed by atoms with Crippen LogP contribution >= 0.6 is 0 Å². The van der Waals surface area contributed by atoms with Crippen LogP contribution in [0.15, 0.2) is 77.0 Å². The van der Waals surface area contributed by atoms with Crippen LogP contribution in [0.25, 0.3) is 6.08 Å². The fourth-order valence-corrected chi connectivity index (χ4v) is 3.09. The number of furan rings is 1. The lowest BCUT2D eigenvalue weighted by atomic mass is 10.1. The highest BCUT2D eigenvalue weighted by Crippen LogP contribution is 2.27. The van der Waals surface area contributed by atoms with E-state index < -0.39 is 0 Å². The number of likely N-dealkylation sites (N-methyl/N-ethyl adjacent to an activating group) is 1. The Morgan fingerprint density at radius 2 is 1.75 bits per heavy atom. The van der Waals surface area contributed by atoms with Gasteiger partial charge in [0, 0.05) is 25.2 Å². The minimum absolute atomic E-state index is 0.128. The fourth-order valence-electron chi connectivity index (χ4n) is 3.09. The number of amides is 2. The van der Waals surface area contributed by atoms with Crippen molar-refractivity contribution in [1.82, 2.24) is 10.2 Å². The summed E-state index contributed by atoms with van der Waals surface area (Å²) in [5, 5.41) is 2.72. The molecular formula is C25H26N2O5. The predicted octanol–water partition coefficient (Wildman–Crippen LogP) is 3.77. The number of nitrogens with one attached hydrogen (secondary N) is 1. The zero-order valence-electron chi connectivity index (χ0n) is 18.3. The Hall–Kier alpha value is -4.00. The molecule has 1 aromatic heterocycles. The van der Waals surface area contributed by atoms with E-state index in [1.807, 2.05) is 24.3 Å². The molecule has 0 aliphatic heterocycles. The van der Waals surface area contributed by atoms with Crippen molar-refractivity contribution in [3.05, 3.63) is 89.5 Å². The van der Waals surface area contributed by atoms with E-state index in [1.54, 1.807) is 62.6 Å². The first-order chi connectivity index (χ1) is 15.5. The van der Waals surface area contributed by atoms with Gasteiger partial charge in [0.05, 0.1) is 20.5 Å². The molecule has 0 saturated carbocycles. The summed E-state index contributed by atoms with van der Waals surface area (Å²) in [6, 6.07) is 17.8. The van der Waals surface area contributed by atoms with Gasteiger partial charge in [-0.1, -0.05) is 24.3 Å². The minimum Gasteiger partial charge on any atom is -0.493 e. The van der Waals surface area contributed by atoms with Gasteiger partial charge in [-0.25, -0.2) is 0 Å². The number of benzene rings is 2. The number of nitrogens with zero attached hydrogens (tertiary/aromatic N) is 1. The molecule has 0 aliphatic carbocycles. The lowest BCUT2D eigenvalue weighted by Crippen LogP contribution is -2.37. The molecule has 32 heavy (non-hydrogen) atoms. The van der Waals surface area contributed by atoms with E-state index in [0.29, 0.717) is 35.8 Å². The first-order valence-corrected chi connectivity index (χ1v) is 10.1. The summed E-state index contributed by atoms with van der Waals surface area (Å²) in [7, 11) is 4.85. The standard InChI is InChI=1S/C25H26N2O5/c1-27(14-13-18-11-12-22(30-2)23(16-18)31-3)25(29)21(17-20-10-7-15-32-20)26-24(28)19-8-5-4-6-9-19/h4-12,15-17H,13-14H2,1-3H3,(H,26,28). The first-order valence-electron chi connectivity index (χ1n) is 10.1. The molecule has 1 N–H and O–H groups in total. The molecule has 3 rings (SSSR count). The molecule has 0 bridgehead atoms. The first kappa shape index (κ1) is 22.7. The van der Waals surface area contributed by atoms with Crippen molar-refractivity contribution in [1.29, 1.82) is 0 Å². The predicted molar refractivity (Wildman–Crippen MR) is 121 cm³/mol. The quantitative estimate of drug-likeness (QED) is 0.519. The van der Waals surface area contributed by atoms with Crippen LogP contribution in [0.4, 0.5) is 0 Å². The van der Waals surface area contributed by atoms with Crippen LogP contribution in [0.2, 0.25) is 0 Å². The van der Waals surface area contributed by atoms with Crippen LogP contribution in [0.1, 0.15) is 21.7 Å². The molecule has 3 aromatic rings. The molecule has 0 unspecified atom stereocenters. The van der Waals surface area contributed by atoms with Crippen molar-refractivity contribution in [2.75, 3.05) is 27.8 Å². The van der Waals surface area contributed by atoms with Crippen molar-refractivity contribution in [3.63, 3.8) is 0 Å². The number of methoxy groups -OCH3 is 2. The van der Waals surface area contributed by atoms with Crippen molar-refractivity contribution < 1.29 is 23.5 Å². The van der Waals surface area contributed by atoms with Gasteiger partial charge in [0.15, 0.2) is 11.5 Å². The summed E-state index contributed by atoms with van der Waals surface area (Å²) < 4.78 is 15.9. The maximum atomic E-state index is 13.1. The highest BCUT2D eigenvalue weighted by atomic mass is 16.5. The minimum atomic E-state index is -0.370. The van der Waals surface area contributed by atoms with Crippen molar-refractivity contribution in [3.8, 4) is 11.5 Å². The fraction of sp³-hybridized carbons (Fsp3) is 0.200. The second-order valence-electron chi connectivity index (χ2n) is 7.06. The highest BCUT2D eigenvalue weighted by Gasteiger charge is 2.19. The summed E-state index contributed by atoms with van der Waals surface area (Å²) >= 11 is 0. The second kappa shape index (κ2) is 10.9. The number of hydrogen-bond acceptors (Lipinski definition) is 5. The van der Waals surface area contributed by atoms with E-state index in [4.69, 9.17) is 13.9 Å². The monoisotopic (exact) mass is 434 g/mol. The Kier molecular flexibility index (Phi) is 7.70. The van der Waals surface area contributed by atoms with E-state index in [9.17, 15) is 9.59 Å². The van der Waals surface area contributed by atoms with Crippen LogP contribution < -0.4 is 14.8 Å². The summed E-state index contributed by atoms with van der Waals surface area (Å²) in [6.45, 7) is 0.436. The number of hydrogen-bond donors (Lipinski definition) is 1. The Labute approximate surface area is 187 Å². The Balaban J connectivity index is 1.73. The number of carbonyl (C=O) groups excluding carboxylic acids is 2. The van der Waals surface area contributed by atoms with E-state index in [1.165, 1.54) is 12.3 Å². The Bertz CT molecular complexity index is 1070. The van der Waals surface area contributed by atoms with E-state index >= 15 is 0 Å². The molecule has 0 spiro atoms. The SMILES string of the molecule is COc1ccc(CCN(C)C(=O)C(=Cc2ccco2)NC(=O)c2ccccc2)cc1OC. The van der Waals surface area contributed by atoms with Gasteiger partial charge in [-0.2, -0.15) is 0 Å². The van der Waals surface area contributed by atoms with Crippen LogP contribution in [-0.2, 0) is 11.2 Å². The molecular weight excluding hydrogens is 408 g/mol. The van der Waals surface area contributed by atoms with Gasteiger partial charge in [0.2, 0.25) is 0 Å². The molecule has 2 aromatic carbocycles. The summed E-state index contributed by atoms with van der Waals surface area (Å²) in [6.07, 6.45) is 3.63. The van der Waals surface area contributed by atoms with Crippen LogP contribution in [0, 0.1) is 0 Å². The van der Waals surface area contributed by atoms with Gasteiger partial charge in [-0.05, 0) is 48.4 Å². The lowest BCUT2D eigenvalue weighted by molar-refractivity contribution is -0.126. The molecule has 7 nitrogen and oxygen atoms in total. The molecule has 7 heteroatoms. The van der Waals surface area contributed by atoms with Gasteiger partial charge in [0.25, 0.3) is 11.8 Å². The Morgan fingerprint density at radius 3 is 2.41 bits per heavy atom. The lowest BCUT2D eigenvalue weighted by Gasteiger charge is -2.20. The van der Waals surface area contributed by atoms with Crippen LogP contribution in [0.3, 0.4) is 0 Å². The van der Waals surface area contributed by atoms with Crippen LogP contribution in [0.5, 0.6) is 11.5 Å². The van der Waals surface area contributed by atoms with Crippen molar-refractivity contribution in [2.24, 2.45) is 0 Å². The number of carbonyl (C=O) groups is 2. The molecule has 0 fully saturated rings. The maximum Gasteiger partial charge on any atom is 0.270 e. The third kappa shape index (κ3) is 5.78. The maximum absolute atomic E-state index is 13.1. The van der Waals surface area contributed by atoms with Crippen molar-refractivity contribution in [2.45, 2.75) is 6.42 Å². The third-order valence-electron chi connectivity index (χ3n) is 4.87. The average molecular weight is 434 g/mol. The van der Waals surface area contributed by atoms with Crippen LogP contribution in [-0.4, -0.2) is 44.5 Å². The zero-order chi connectivity index (χ0) is 22.9. The van der Waals surface area contributed by atoms with E-state index in [0.717, 1.165) is 5.56 Å². The zero-order valence-corrected chi connectivity index (χ0v) is 18.3. The van der Waals surface area contributed by atoms with E-state index in [-0.39, 0.29) is 17.5 Å². The highest BCUT2D eigenvalue weighted by molar-refractivity contribution is 6.05. The smallest absolute Gasteiger partial charge is 0.270 e. The summed E-state index contributed by atoms with van der Waals surface area (Å²) in [4.78, 5) is 27.3. The molecule has 0 saturated heterocycles. The van der Waals surface area contributed by atoms with E-state index in [2.05, 4.69) is 5.32 Å². The third-order valence-corrected chi connectivity index (χ3v) is 4.87. The molecule has 0 radical (unpaired) electrons. The van der Waals surface area contributed by atoms with Gasteiger partial charge in [0.1, 0.15) is 11.5 Å². The number of rotatable bonds is 9. The molecule has 2 amide bonds. The average Bonchev–Trinajstić information content (AvgIpc) is 3.35. The normalized spacial score (nSPS) is 11.0. The second-order valence-corrected chi connectivity index (χ2v) is 7.06. The molecule has 166 valence electrons. The molecule has 1 heterocycles.